The highest BCUT2D eigenvalue weighted by Gasteiger charge is 2.08. The minimum atomic E-state index is 0.509. The van der Waals surface area contributed by atoms with Crippen LogP contribution in [0.2, 0.25) is 0 Å². The van der Waals surface area contributed by atoms with Crippen LogP contribution in [0.1, 0.15) is 11.1 Å². The number of nitrogen functional groups attached to an aromatic ring is 1. The molecule has 0 bridgehead atoms. The molecule has 0 unspecified atom stereocenters. The van der Waals surface area contributed by atoms with Gasteiger partial charge in [-0.05, 0) is 12.1 Å². The van der Waals surface area contributed by atoms with Crippen molar-refractivity contribution in [2.24, 2.45) is 0 Å². The number of nitrogens with two attached hydrogens (primary N) is 1. The fourth-order valence-corrected chi connectivity index (χ4v) is 2.26. The van der Waals surface area contributed by atoms with E-state index >= 15 is 0 Å². The lowest BCUT2D eigenvalue weighted by Crippen LogP contribution is -1.81. The van der Waals surface area contributed by atoms with E-state index in [4.69, 9.17) is 16.3 Å². The fraction of sp³-hybridized carbons (Fsp3) is 0. The Labute approximate surface area is 84.6 Å². The zero-order valence-electron chi connectivity index (χ0n) is 7.11. The van der Waals surface area contributed by atoms with Gasteiger partial charge in [0.25, 0.3) is 0 Å². The SMILES string of the molecule is N#Cc1ccc2c(C#N)c(N)sc2c1. The van der Waals surface area contributed by atoms with Crippen LogP contribution < -0.4 is 5.73 Å². The van der Waals surface area contributed by atoms with Gasteiger partial charge in [0, 0.05) is 10.1 Å². The van der Waals surface area contributed by atoms with E-state index in [1.165, 1.54) is 11.3 Å². The Kier molecular flexibility index (Phi) is 1.85. The Morgan fingerprint density at radius 3 is 2.64 bits per heavy atom. The fourth-order valence-electron chi connectivity index (χ4n) is 1.30. The number of anilines is 1. The van der Waals surface area contributed by atoms with Crippen LogP contribution in [0.4, 0.5) is 5.00 Å². The average molecular weight is 199 g/mol. The van der Waals surface area contributed by atoms with Crippen LogP contribution in [0.15, 0.2) is 18.2 Å². The number of benzene rings is 1. The molecule has 66 valence electrons. The first-order valence-electron chi connectivity index (χ1n) is 3.88. The molecule has 1 heterocycles. The molecule has 0 saturated heterocycles. The highest BCUT2D eigenvalue weighted by atomic mass is 32.1. The van der Waals surface area contributed by atoms with Crippen LogP contribution in [-0.2, 0) is 0 Å². The van der Waals surface area contributed by atoms with Crippen molar-refractivity contribution in [2.45, 2.75) is 0 Å². The summed E-state index contributed by atoms with van der Waals surface area (Å²) < 4.78 is 0.887. The van der Waals surface area contributed by atoms with Gasteiger partial charge >= 0.3 is 0 Å². The highest BCUT2D eigenvalue weighted by Crippen LogP contribution is 2.33. The summed E-state index contributed by atoms with van der Waals surface area (Å²) >= 11 is 1.34. The van der Waals surface area contributed by atoms with E-state index in [1.54, 1.807) is 18.2 Å². The largest absolute Gasteiger partial charge is 0.389 e. The summed E-state index contributed by atoms with van der Waals surface area (Å²) in [4.78, 5) is 0. The van der Waals surface area contributed by atoms with Crippen LogP contribution >= 0.6 is 11.3 Å². The summed E-state index contributed by atoms with van der Waals surface area (Å²) in [5.74, 6) is 0. The minimum absolute atomic E-state index is 0.509. The summed E-state index contributed by atoms with van der Waals surface area (Å²) in [5, 5.41) is 18.9. The first-order chi connectivity index (χ1) is 6.76. The summed E-state index contributed by atoms with van der Waals surface area (Å²) in [6.45, 7) is 0. The molecule has 0 fully saturated rings. The Bertz CT molecular complexity index is 584. The second-order valence-electron chi connectivity index (χ2n) is 2.78. The molecular formula is C10H5N3S. The summed E-state index contributed by atoms with van der Waals surface area (Å²) in [5.41, 5.74) is 6.76. The van der Waals surface area contributed by atoms with E-state index in [1.807, 2.05) is 6.07 Å². The number of nitriles is 2. The minimum Gasteiger partial charge on any atom is -0.389 e. The summed E-state index contributed by atoms with van der Waals surface area (Å²) in [6.07, 6.45) is 0. The molecule has 14 heavy (non-hydrogen) atoms. The third kappa shape index (κ3) is 1.10. The lowest BCUT2D eigenvalue weighted by Gasteiger charge is -1.89. The van der Waals surface area contributed by atoms with E-state index in [9.17, 15) is 0 Å². The van der Waals surface area contributed by atoms with Gasteiger partial charge in [-0.25, -0.2) is 0 Å². The Hall–Kier alpha value is -2.04. The lowest BCUT2D eigenvalue weighted by molar-refractivity contribution is 1.50. The molecule has 0 atom stereocenters. The maximum atomic E-state index is 8.84. The third-order valence-corrected chi connectivity index (χ3v) is 2.94. The summed E-state index contributed by atoms with van der Waals surface area (Å²) in [6, 6.07) is 9.31. The molecule has 3 nitrogen and oxygen atoms in total. The molecule has 1 aromatic carbocycles. The molecular weight excluding hydrogens is 194 g/mol. The van der Waals surface area contributed by atoms with E-state index < -0.39 is 0 Å². The third-order valence-electron chi connectivity index (χ3n) is 1.96. The van der Waals surface area contributed by atoms with Crippen molar-refractivity contribution < 1.29 is 0 Å². The molecule has 0 aliphatic heterocycles. The number of nitrogens with zero attached hydrogens (tertiary/aromatic N) is 2. The molecule has 2 aromatic rings. The molecule has 0 aliphatic carbocycles. The van der Waals surface area contributed by atoms with Crippen LogP contribution in [-0.4, -0.2) is 0 Å². The van der Waals surface area contributed by atoms with Gasteiger partial charge in [-0.3, -0.25) is 0 Å². The summed E-state index contributed by atoms with van der Waals surface area (Å²) in [7, 11) is 0. The standard InChI is InChI=1S/C10H5N3S/c11-4-6-1-2-7-8(5-12)10(13)14-9(7)3-6/h1-3H,13H2. The normalized spacial score (nSPS) is 9.57. The first-order valence-corrected chi connectivity index (χ1v) is 4.70. The van der Waals surface area contributed by atoms with Gasteiger partial charge in [-0.1, -0.05) is 6.07 Å². The van der Waals surface area contributed by atoms with E-state index in [2.05, 4.69) is 6.07 Å². The topological polar surface area (TPSA) is 73.6 Å². The van der Waals surface area contributed by atoms with Gasteiger partial charge in [0.2, 0.25) is 0 Å². The predicted octanol–water partition coefficient (Wildman–Crippen LogP) is 2.23. The van der Waals surface area contributed by atoms with Crippen molar-refractivity contribution >= 4 is 26.4 Å². The molecule has 4 heteroatoms. The molecule has 0 saturated carbocycles. The van der Waals surface area contributed by atoms with E-state index in [-0.39, 0.29) is 0 Å². The molecule has 0 radical (unpaired) electrons. The smallest absolute Gasteiger partial charge is 0.105 e. The molecule has 2 N–H and O–H groups in total. The number of hydrogen-bond donors (Lipinski definition) is 1. The molecule has 1 aromatic heterocycles. The van der Waals surface area contributed by atoms with Crippen LogP contribution in [0, 0.1) is 22.7 Å². The van der Waals surface area contributed by atoms with Crippen molar-refractivity contribution in [3.8, 4) is 12.1 Å². The number of hydrogen-bond acceptors (Lipinski definition) is 4. The second-order valence-corrected chi connectivity index (χ2v) is 3.86. The van der Waals surface area contributed by atoms with E-state index in [0.717, 1.165) is 10.1 Å². The number of fused-ring (bicyclic) bond motifs is 1. The maximum absolute atomic E-state index is 8.84. The lowest BCUT2D eigenvalue weighted by atomic mass is 10.1. The molecule has 0 aliphatic rings. The quantitative estimate of drug-likeness (QED) is 0.707. The Morgan fingerprint density at radius 2 is 2.00 bits per heavy atom. The first kappa shape index (κ1) is 8.55. The van der Waals surface area contributed by atoms with Gasteiger partial charge in [-0.2, -0.15) is 10.5 Å². The van der Waals surface area contributed by atoms with Crippen molar-refractivity contribution in [1.82, 2.24) is 0 Å². The Morgan fingerprint density at radius 1 is 1.21 bits per heavy atom. The Balaban J connectivity index is 2.84. The monoisotopic (exact) mass is 199 g/mol. The zero-order valence-corrected chi connectivity index (χ0v) is 7.93. The number of thiophene rings is 1. The highest BCUT2D eigenvalue weighted by molar-refractivity contribution is 7.23. The van der Waals surface area contributed by atoms with Gasteiger partial charge in [0.15, 0.2) is 0 Å². The van der Waals surface area contributed by atoms with Crippen molar-refractivity contribution in [3.05, 3.63) is 29.3 Å². The zero-order chi connectivity index (χ0) is 10.1. The van der Waals surface area contributed by atoms with Gasteiger partial charge in [-0.15, -0.1) is 11.3 Å². The maximum Gasteiger partial charge on any atom is 0.105 e. The molecule has 0 amide bonds. The van der Waals surface area contributed by atoms with Crippen molar-refractivity contribution in [1.29, 1.82) is 10.5 Å². The van der Waals surface area contributed by atoms with Crippen LogP contribution in [0.5, 0.6) is 0 Å². The van der Waals surface area contributed by atoms with Crippen LogP contribution in [0.25, 0.3) is 10.1 Å². The molecule has 2 rings (SSSR count). The van der Waals surface area contributed by atoms with Gasteiger partial charge in [0.05, 0.1) is 17.2 Å². The van der Waals surface area contributed by atoms with Gasteiger partial charge in [0.1, 0.15) is 11.1 Å². The van der Waals surface area contributed by atoms with Gasteiger partial charge < -0.3 is 5.73 Å². The number of rotatable bonds is 0. The average Bonchev–Trinajstić information content (AvgIpc) is 2.51. The van der Waals surface area contributed by atoms with Crippen LogP contribution in [0.3, 0.4) is 0 Å². The molecule has 0 spiro atoms. The second kappa shape index (κ2) is 3.02. The van der Waals surface area contributed by atoms with E-state index in [0.29, 0.717) is 16.1 Å². The predicted molar refractivity (Wildman–Crippen MR) is 55.7 cm³/mol. The van der Waals surface area contributed by atoms with Crippen molar-refractivity contribution in [2.75, 3.05) is 5.73 Å². The van der Waals surface area contributed by atoms with Crippen molar-refractivity contribution in [3.63, 3.8) is 0 Å².